The van der Waals surface area contributed by atoms with Gasteiger partial charge in [0.1, 0.15) is 22.1 Å². The summed E-state index contributed by atoms with van der Waals surface area (Å²) in [6, 6.07) is 9.10. The lowest BCUT2D eigenvalue weighted by atomic mass is 10.1. The van der Waals surface area contributed by atoms with Gasteiger partial charge in [0.05, 0.1) is 29.4 Å². The number of pyridine rings is 1. The Balaban J connectivity index is 1.77. The zero-order valence-corrected chi connectivity index (χ0v) is 18.9. The summed E-state index contributed by atoms with van der Waals surface area (Å²) in [5.74, 6) is -0.464. The Morgan fingerprint density at radius 2 is 1.94 bits per heavy atom. The van der Waals surface area contributed by atoms with Crippen molar-refractivity contribution in [2.75, 3.05) is 5.73 Å². The molecule has 1 unspecified atom stereocenters. The van der Waals surface area contributed by atoms with Gasteiger partial charge in [-0.1, -0.05) is 0 Å². The van der Waals surface area contributed by atoms with Crippen LogP contribution in [0, 0.1) is 12.7 Å². The summed E-state index contributed by atoms with van der Waals surface area (Å²) in [5, 5.41) is 8.71. The van der Waals surface area contributed by atoms with E-state index in [1.807, 2.05) is 0 Å². The molecule has 3 heterocycles. The molecule has 1 aromatic carbocycles. The number of nitrogens with zero attached hydrogens (tertiary/aromatic N) is 6. The molecule has 0 aliphatic carbocycles. The molecule has 32 heavy (non-hydrogen) atoms. The minimum Gasteiger partial charge on any atom is -0.383 e. The second kappa shape index (κ2) is 8.91. The number of halogens is 2. The fourth-order valence-corrected chi connectivity index (χ4v) is 3.50. The Morgan fingerprint density at radius 1 is 1.19 bits per heavy atom. The monoisotopic (exact) mass is 495 g/mol. The number of benzene rings is 1. The molecule has 0 saturated heterocycles. The van der Waals surface area contributed by atoms with Gasteiger partial charge >= 0.3 is 0 Å². The van der Waals surface area contributed by atoms with E-state index in [0.29, 0.717) is 32.8 Å². The molecule has 162 valence electrons. The van der Waals surface area contributed by atoms with Crippen molar-refractivity contribution in [1.29, 1.82) is 0 Å². The summed E-state index contributed by atoms with van der Waals surface area (Å²) >= 11 is 3.25. The fraction of sp³-hybridized carbons (Fsp3) is 0.182. The molecule has 10 heteroatoms. The van der Waals surface area contributed by atoms with E-state index in [2.05, 4.69) is 41.1 Å². The third-order valence-electron chi connectivity index (χ3n) is 5.07. The van der Waals surface area contributed by atoms with Crippen molar-refractivity contribution < 1.29 is 9.18 Å². The molecule has 0 aliphatic rings. The highest BCUT2D eigenvalue weighted by Gasteiger charge is 2.28. The highest BCUT2D eigenvalue weighted by atomic mass is 79.9. The quantitative estimate of drug-likeness (QED) is 0.445. The van der Waals surface area contributed by atoms with E-state index in [-0.39, 0.29) is 12.1 Å². The van der Waals surface area contributed by atoms with Crippen LogP contribution in [0.3, 0.4) is 0 Å². The number of aromatic nitrogens is 5. The van der Waals surface area contributed by atoms with Gasteiger partial charge in [0.25, 0.3) is 5.91 Å². The zero-order valence-electron chi connectivity index (χ0n) is 17.3. The molecule has 4 aromatic rings. The molecule has 3 aromatic heterocycles. The summed E-state index contributed by atoms with van der Waals surface area (Å²) < 4.78 is 15.6. The smallest absolute Gasteiger partial charge is 0.257 e. The van der Waals surface area contributed by atoms with E-state index in [9.17, 15) is 4.79 Å². The number of hydrogen-bond donors (Lipinski definition) is 1. The number of rotatable bonds is 5. The molecule has 4 rings (SSSR count). The predicted octanol–water partition coefficient (Wildman–Crippen LogP) is 4.01. The number of aryl methyl sites for hydroxylation is 1. The van der Waals surface area contributed by atoms with Gasteiger partial charge in [-0.15, -0.1) is 5.10 Å². The SMILES string of the molecule is Cc1cc2cc(C(=O)N(Cc3ccc(Br)nn3)C(C)c3ncccn3)c(F)cc2nc1N. The van der Waals surface area contributed by atoms with Gasteiger partial charge in [-0.25, -0.2) is 19.3 Å². The predicted molar refractivity (Wildman–Crippen MR) is 121 cm³/mol. The number of nitrogen functional groups attached to an aromatic ring is 1. The Bertz CT molecular complexity index is 1290. The molecular formula is C22H19BrFN7O. The second-order valence-corrected chi connectivity index (χ2v) is 8.09. The van der Waals surface area contributed by atoms with Gasteiger partial charge in [-0.2, -0.15) is 5.10 Å². The standard InChI is InChI=1S/C22H19BrFN7O/c1-12-8-14-9-16(17(24)10-18(14)28-20(12)25)22(32)31(11-15-4-5-19(23)30-29-15)13(2)21-26-6-3-7-27-21/h3-10,13H,11H2,1-2H3,(H2,25,28). The van der Waals surface area contributed by atoms with Crippen molar-refractivity contribution in [2.24, 2.45) is 0 Å². The number of amides is 1. The summed E-state index contributed by atoms with van der Waals surface area (Å²) in [5.41, 5.74) is 7.42. The van der Waals surface area contributed by atoms with Crippen LogP contribution >= 0.6 is 15.9 Å². The zero-order chi connectivity index (χ0) is 22.8. The molecule has 1 amide bonds. The number of carbonyl (C=O) groups excluding carboxylic acids is 1. The van der Waals surface area contributed by atoms with Crippen LogP contribution in [0.2, 0.25) is 0 Å². The molecule has 0 spiro atoms. The van der Waals surface area contributed by atoms with Crippen molar-refractivity contribution in [1.82, 2.24) is 30.0 Å². The molecular weight excluding hydrogens is 477 g/mol. The third-order valence-corrected chi connectivity index (χ3v) is 5.49. The van der Waals surface area contributed by atoms with Crippen LogP contribution in [0.5, 0.6) is 0 Å². The Kier molecular flexibility index (Phi) is 6.04. The minimum absolute atomic E-state index is 0.0867. The van der Waals surface area contributed by atoms with Crippen LogP contribution in [0.4, 0.5) is 10.2 Å². The maximum absolute atomic E-state index is 15.0. The van der Waals surface area contributed by atoms with Crippen molar-refractivity contribution in [3.8, 4) is 0 Å². The average molecular weight is 496 g/mol. The van der Waals surface area contributed by atoms with Crippen LogP contribution in [0.15, 0.2) is 53.4 Å². The Labute approximate surface area is 191 Å². The Hall–Kier alpha value is -3.53. The van der Waals surface area contributed by atoms with Gasteiger partial charge in [0, 0.05) is 23.8 Å². The summed E-state index contributed by atoms with van der Waals surface area (Å²) in [7, 11) is 0. The molecule has 0 bridgehead atoms. The van der Waals surface area contributed by atoms with E-state index >= 15 is 4.39 Å². The number of fused-ring (bicyclic) bond motifs is 1. The van der Waals surface area contributed by atoms with Crippen LogP contribution in [0.1, 0.15) is 40.4 Å². The first-order valence-corrected chi connectivity index (χ1v) is 10.5. The van der Waals surface area contributed by atoms with Crippen molar-refractivity contribution >= 4 is 38.6 Å². The first-order valence-electron chi connectivity index (χ1n) is 9.76. The molecule has 0 radical (unpaired) electrons. The fourth-order valence-electron chi connectivity index (χ4n) is 3.29. The van der Waals surface area contributed by atoms with E-state index in [0.717, 1.165) is 5.56 Å². The molecule has 1 atom stereocenters. The van der Waals surface area contributed by atoms with Crippen molar-refractivity contribution in [2.45, 2.75) is 26.4 Å². The lowest BCUT2D eigenvalue weighted by molar-refractivity contribution is 0.0658. The number of nitrogens with two attached hydrogens (primary N) is 1. The van der Waals surface area contributed by atoms with Crippen LogP contribution in [-0.4, -0.2) is 36.0 Å². The largest absolute Gasteiger partial charge is 0.383 e. The van der Waals surface area contributed by atoms with E-state index in [4.69, 9.17) is 5.73 Å². The lowest BCUT2D eigenvalue weighted by Crippen LogP contribution is -2.35. The van der Waals surface area contributed by atoms with Gasteiger partial charge in [-0.3, -0.25) is 4.79 Å². The maximum atomic E-state index is 15.0. The highest BCUT2D eigenvalue weighted by molar-refractivity contribution is 9.10. The Morgan fingerprint density at radius 3 is 2.62 bits per heavy atom. The average Bonchev–Trinajstić information content (AvgIpc) is 2.79. The topological polar surface area (TPSA) is 111 Å². The first kappa shape index (κ1) is 21.7. The summed E-state index contributed by atoms with van der Waals surface area (Å²) in [6.07, 6.45) is 3.19. The van der Waals surface area contributed by atoms with Crippen LogP contribution in [-0.2, 0) is 6.54 Å². The number of carbonyl (C=O) groups is 1. The normalized spacial score (nSPS) is 12.0. The molecule has 2 N–H and O–H groups in total. The van der Waals surface area contributed by atoms with Crippen LogP contribution < -0.4 is 5.73 Å². The van der Waals surface area contributed by atoms with Gasteiger partial charge < -0.3 is 10.6 Å². The number of anilines is 1. The van der Waals surface area contributed by atoms with Gasteiger partial charge in [0.2, 0.25) is 0 Å². The van der Waals surface area contributed by atoms with E-state index in [1.165, 1.54) is 17.0 Å². The molecule has 0 aliphatic heterocycles. The number of hydrogen-bond acceptors (Lipinski definition) is 7. The second-order valence-electron chi connectivity index (χ2n) is 7.28. The van der Waals surface area contributed by atoms with Crippen LogP contribution in [0.25, 0.3) is 10.9 Å². The highest BCUT2D eigenvalue weighted by Crippen LogP contribution is 2.26. The summed E-state index contributed by atoms with van der Waals surface area (Å²) in [6.45, 7) is 3.68. The van der Waals surface area contributed by atoms with Crippen molar-refractivity contribution in [3.63, 3.8) is 0 Å². The summed E-state index contributed by atoms with van der Waals surface area (Å²) in [4.78, 5) is 27.8. The maximum Gasteiger partial charge on any atom is 0.257 e. The molecule has 0 fully saturated rings. The van der Waals surface area contributed by atoms with E-state index < -0.39 is 17.8 Å². The third kappa shape index (κ3) is 4.40. The van der Waals surface area contributed by atoms with E-state index in [1.54, 1.807) is 50.5 Å². The lowest BCUT2D eigenvalue weighted by Gasteiger charge is -2.28. The molecule has 0 saturated carbocycles. The molecule has 8 nitrogen and oxygen atoms in total. The van der Waals surface area contributed by atoms with Gasteiger partial charge in [-0.05, 0) is 65.7 Å². The minimum atomic E-state index is -0.689. The van der Waals surface area contributed by atoms with Gasteiger partial charge in [0.15, 0.2) is 0 Å². The first-order chi connectivity index (χ1) is 15.3. The van der Waals surface area contributed by atoms with Crippen molar-refractivity contribution in [3.05, 3.63) is 81.9 Å².